The topological polar surface area (TPSA) is 91.2 Å². The van der Waals surface area contributed by atoms with Crippen LogP contribution in [0.5, 0.6) is 11.5 Å². The number of aromatic nitrogens is 4. The molecule has 3 rings (SSSR count). The largest absolute Gasteiger partial charge is 0.493 e. The molecule has 29 heavy (non-hydrogen) atoms. The van der Waals surface area contributed by atoms with Crippen molar-refractivity contribution in [2.75, 3.05) is 12.4 Å². The van der Waals surface area contributed by atoms with E-state index in [4.69, 9.17) is 9.47 Å². The van der Waals surface area contributed by atoms with Gasteiger partial charge in [0.2, 0.25) is 5.91 Å². The number of para-hydroxylation sites is 2. The maximum atomic E-state index is 12.5. The van der Waals surface area contributed by atoms with Gasteiger partial charge in [-0.1, -0.05) is 23.9 Å². The van der Waals surface area contributed by atoms with Crippen LogP contribution in [0, 0.1) is 13.8 Å². The van der Waals surface area contributed by atoms with E-state index in [-0.39, 0.29) is 17.8 Å². The number of amides is 1. The van der Waals surface area contributed by atoms with Crippen molar-refractivity contribution in [3.8, 4) is 11.5 Å². The van der Waals surface area contributed by atoms with Crippen LogP contribution in [0.4, 0.5) is 5.13 Å². The number of ether oxygens (including phenoxy) is 2. The summed E-state index contributed by atoms with van der Waals surface area (Å²) in [5, 5.41) is 12.1. The van der Waals surface area contributed by atoms with Crippen LogP contribution in [0.1, 0.15) is 23.3 Å². The van der Waals surface area contributed by atoms with Crippen LogP contribution in [0.25, 0.3) is 0 Å². The first-order valence-electron chi connectivity index (χ1n) is 8.94. The second-order valence-corrected chi connectivity index (χ2v) is 8.82. The van der Waals surface area contributed by atoms with Gasteiger partial charge in [0.15, 0.2) is 27.6 Å². The van der Waals surface area contributed by atoms with Crippen molar-refractivity contribution in [3.63, 3.8) is 0 Å². The Morgan fingerprint density at radius 1 is 1.28 bits per heavy atom. The minimum absolute atomic E-state index is 0.126. The van der Waals surface area contributed by atoms with E-state index in [1.165, 1.54) is 23.1 Å². The molecule has 0 spiro atoms. The standard InChI is InChI=1S/C19H23N5O3S2/c1-11-12(2)28-18(20-11)21-17(25)13(3)29-19-23-22-16(24(19)4)10-27-15-9-7-6-8-14(15)26-5/h6-9,13H,10H2,1-5H3,(H,20,21,25). The van der Waals surface area contributed by atoms with Crippen LogP contribution < -0.4 is 14.8 Å². The average Bonchev–Trinajstić information content (AvgIpc) is 3.21. The third-order valence-electron chi connectivity index (χ3n) is 4.26. The summed E-state index contributed by atoms with van der Waals surface area (Å²) < 4.78 is 12.9. The Kier molecular flexibility index (Phi) is 6.75. The van der Waals surface area contributed by atoms with Crippen molar-refractivity contribution in [1.82, 2.24) is 19.7 Å². The minimum atomic E-state index is -0.356. The minimum Gasteiger partial charge on any atom is -0.493 e. The lowest BCUT2D eigenvalue weighted by molar-refractivity contribution is -0.115. The van der Waals surface area contributed by atoms with Crippen LogP contribution >= 0.6 is 23.1 Å². The van der Waals surface area contributed by atoms with Crippen molar-refractivity contribution in [1.29, 1.82) is 0 Å². The van der Waals surface area contributed by atoms with E-state index in [1.54, 1.807) is 7.11 Å². The molecule has 2 heterocycles. The predicted molar refractivity (Wildman–Crippen MR) is 114 cm³/mol. The quantitative estimate of drug-likeness (QED) is 0.543. The van der Waals surface area contributed by atoms with E-state index < -0.39 is 0 Å². The van der Waals surface area contributed by atoms with Gasteiger partial charge in [-0.2, -0.15) is 0 Å². The number of nitrogens with zero attached hydrogens (tertiary/aromatic N) is 4. The van der Waals surface area contributed by atoms with Gasteiger partial charge in [0.1, 0.15) is 6.61 Å². The summed E-state index contributed by atoms with van der Waals surface area (Å²) in [5.74, 6) is 1.81. The van der Waals surface area contributed by atoms with Gasteiger partial charge >= 0.3 is 0 Å². The van der Waals surface area contributed by atoms with E-state index in [9.17, 15) is 4.79 Å². The first-order chi connectivity index (χ1) is 13.9. The highest BCUT2D eigenvalue weighted by atomic mass is 32.2. The SMILES string of the molecule is COc1ccccc1OCc1nnc(SC(C)C(=O)Nc2nc(C)c(C)s2)n1C. The number of hydrogen-bond donors (Lipinski definition) is 1. The van der Waals surface area contributed by atoms with Crippen molar-refractivity contribution in [3.05, 3.63) is 40.7 Å². The Morgan fingerprint density at radius 3 is 2.66 bits per heavy atom. The lowest BCUT2D eigenvalue weighted by Crippen LogP contribution is -2.22. The van der Waals surface area contributed by atoms with E-state index in [1.807, 2.05) is 56.7 Å². The lowest BCUT2D eigenvalue weighted by atomic mass is 10.3. The molecule has 1 atom stereocenters. The fourth-order valence-corrected chi connectivity index (χ4v) is 4.05. The van der Waals surface area contributed by atoms with E-state index in [2.05, 4.69) is 20.5 Å². The monoisotopic (exact) mass is 433 g/mol. The van der Waals surface area contributed by atoms with Gasteiger partial charge in [-0.25, -0.2) is 4.98 Å². The van der Waals surface area contributed by atoms with Gasteiger partial charge < -0.3 is 19.4 Å². The Balaban J connectivity index is 1.60. The fourth-order valence-electron chi connectivity index (χ4n) is 2.40. The molecule has 0 saturated heterocycles. The smallest absolute Gasteiger partial charge is 0.239 e. The number of aryl methyl sites for hydroxylation is 2. The maximum Gasteiger partial charge on any atom is 0.239 e. The van der Waals surface area contributed by atoms with Crippen LogP contribution in [0.2, 0.25) is 0 Å². The van der Waals surface area contributed by atoms with Crippen LogP contribution in [0.3, 0.4) is 0 Å². The van der Waals surface area contributed by atoms with Crippen molar-refractivity contribution in [2.24, 2.45) is 7.05 Å². The van der Waals surface area contributed by atoms with Crippen molar-refractivity contribution >= 4 is 34.1 Å². The number of benzene rings is 1. The Bertz CT molecular complexity index is 982. The molecule has 3 aromatic rings. The first-order valence-corrected chi connectivity index (χ1v) is 10.6. The number of methoxy groups -OCH3 is 1. The van der Waals surface area contributed by atoms with Gasteiger partial charge in [0.25, 0.3) is 0 Å². The van der Waals surface area contributed by atoms with Gasteiger partial charge in [-0.15, -0.1) is 21.5 Å². The molecule has 2 aromatic heterocycles. The number of rotatable bonds is 8. The zero-order chi connectivity index (χ0) is 21.0. The molecule has 1 aromatic carbocycles. The predicted octanol–water partition coefficient (Wildman–Crippen LogP) is 3.60. The number of thioether (sulfide) groups is 1. The Morgan fingerprint density at radius 2 is 2.00 bits per heavy atom. The molecular weight excluding hydrogens is 410 g/mol. The number of thiazole rings is 1. The summed E-state index contributed by atoms with van der Waals surface area (Å²) in [4.78, 5) is 17.9. The van der Waals surface area contributed by atoms with Crippen molar-refractivity contribution in [2.45, 2.75) is 37.8 Å². The average molecular weight is 434 g/mol. The molecule has 0 aliphatic rings. The molecule has 1 unspecified atom stereocenters. The molecule has 0 saturated carbocycles. The molecule has 0 aliphatic carbocycles. The van der Waals surface area contributed by atoms with Gasteiger partial charge in [-0.3, -0.25) is 4.79 Å². The molecule has 0 radical (unpaired) electrons. The molecule has 154 valence electrons. The van der Waals surface area contributed by atoms with Crippen LogP contribution in [0.15, 0.2) is 29.4 Å². The third-order valence-corrected chi connectivity index (χ3v) is 6.38. The van der Waals surface area contributed by atoms with Gasteiger partial charge in [0.05, 0.1) is 18.1 Å². The first kappa shape index (κ1) is 21.1. The highest BCUT2D eigenvalue weighted by molar-refractivity contribution is 8.00. The number of nitrogens with one attached hydrogen (secondary N) is 1. The number of carbonyl (C=O) groups excluding carboxylic acids is 1. The van der Waals surface area contributed by atoms with Gasteiger partial charge in [-0.05, 0) is 32.9 Å². The second-order valence-electron chi connectivity index (χ2n) is 6.31. The van der Waals surface area contributed by atoms with Crippen LogP contribution in [-0.2, 0) is 18.4 Å². The molecule has 0 bridgehead atoms. The van der Waals surface area contributed by atoms with E-state index >= 15 is 0 Å². The third kappa shape index (κ3) is 5.07. The molecule has 1 amide bonds. The number of anilines is 1. The summed E-state index contributed by atoms with van der Waals surface area (Å²) in [6.07, 6.45) is 0. The zero-order valence-electron chi connectivity index (χ0n) is 16.9. The fraction of sp³-hybridized carbons (Fsp3) is 0.368. The summed E-state index contributed by atoms with van der Waals surface area (Å²) in [6, 6.07) is 7.42. The Labute approximate surface area is 177 Å². The zero-order valence-corrected chi connectivity index (χ0v) is 18.6. The second kappa shape index (κ2) is 9.27. The molecular formula is C19H23N5O3S2. The van der Waals surface area contributed by atoms with E-state index in [0.29, 0.717) is 27.6 Å². The van der Waals surface area contributed by atoms with Gasteiger partial charge in [0, 0.05) is 11.9 Å². The maximum absolute atomic E-state index is 12.5. The summed E-state index contributed by atoms with van der Waals surface area (Å²) in [5.41, 5.74) is 0.929. The number of carbonyl (C=O) groups is 1. The molecule has 0 aliphatic heterocycles. The molecule has 8 nitrogen and oxygen atoms in total. The highest BCUT2D eigenvalue weighted by Crippen LogP contribution is 2.28. The summed E-state index contributed by atoms with van der Waals surface area (Å²) in [6.45, 7) is 5.97. The van der Waals surface area contributed by atoms with Crippen LogP contribution in [-0.4, -0.2) is 38.0 Å². The molecule has 0 fully saturated rings. The number of hydrogen-bond acceptors (Lipinski definition) is 8. The normalized spacial score (nSPS) is 11.9. The molecule has 1 N–H and O–H groups in total. The van der Waals surface area contributed by atoms with E-state index in [0.717, 1.165) is 10.6 Å². The van der Waals surface area contributed by atoms with Crippen molar-refractivity contribution < 1.29 is 14.3 Å². The summed E-state index contributed by atoms with van der Waals surface area (Å²) in [7, 11) is 3.45. The highest BCUT2D eigenvalue weighted by Gasteiger charge is 2.20. The molecule has 10 heteroatoms. The Hall–Kier alpha value is -2.59. The lowest BCUT2D eigenvalue weighted by Gasteiger charge is -2.11. The summed E-state index contributed by atoms with van der Waals surface area (Å²) >= 11 is 2.80.